The van der Waals surface area contributed by atoms with E-state index in [2.05, 4.69) is 28.9 Å². The van der Waals surface area contributed by atoms with E-state index in [9.17, 15) is 9.59 Å². The van der Waals surface area contributed by atoms with Crippen molar-refractivity contribution < 1.29 is 9.59 Å². The van der Waals surface area contributed by atoms with Gasteiger partial charge in [0.1, 0.15) is 0 Å². The van der Waals surface area contributed by atoms with Crippen molar-refractivity contribution in [1.29, 1.82) is 0 Å². The van der Waals surface area contributed by atoms with Crippen LogP contribution in [0.1, 0.15) is 22.8 Å². The van der Waals surface area contributed by atoms with Gasteiger partial charge < -0.3 is 10.2 Å². The van der Waals surface area contributed by atoms with Crippen LogP contribution in [-0.2, 0) is 11.3 Å². The number of rotatable bonds is 4. The van der Waals surface area contributed by atoms with Crippen molar-refractivity contribution in [2.75, 3.05) is 24.5 Å². The predicted octanol–water partition coefficient (Wildman–Crippen LogP) is 2.84. The van der Waals surface area contributed by atoms with Crippen molar-refractivity contribution in [3.8, 4) is 0 Å². The van der Waals surface area contributed by atoms with E-state index in [-0.39, 0.29) is 17.7 Å². The van der Waals surface area contributed by atoms with Gasteiger partial charge >= 0.3 is 0 Å². The number of nitrogens with zero attached hydrogens (tertiary/aromatic N) is 2. The maximum absolute atomic E-state index is 13.5. The molecule has 144 valence electrons. The number of hydrogen-bond donors (Lipinski definition) is 1. The second kappa shape index (κ2) is 7.24. The minimum absolute atomic E-state index is 0.0328. The lowest BCUT2D eigenvalue weighted by Crippen LogP contribution is -2.58. The van der Waals surface area contributed by atoms with E-state index in [1.54, 1.807) is 17.0 Å². The average Bonchev–Trinajstić information content (AvgIpc) is 3.01. The second-order valence-corrected chi connectivity index (χ2v) is 7.83. The molecule has 2 heterocycles. The van der Waals surface area contributed by atoms with Crippen molar-refractivity contribution in [2.45, 2.75) is 19.0 Å². The van der Waals surface area contributed by atoms with E-state index >= 15 is 0 Å². The van der Waals surface area contributed by atoms with E-state index in [1.807, 2.05) is 43.3 Å². The Balaban J connectivity index is 1.69. The molecule has 2 aliphatic heterocycles. The molecule has 2 atom stereocenters. The zero-order valence-corrected chi connectivity index (χ0v) is 16.1. The number of benzene rings is 2. The van der Waals surface area contributed by atoms with Gasteiger partial charge in [-0.3, -0.25) is 14.5 Å². The van der Waals surface area contributed by atoms with Crippen LogP contribution < -0.4 is 10.2 Å². The molecular formula is C23H25N3O2. The maximum Gasteiger partial charge on any atom is 0.253 e. The minimum atomic E-state index is -0.615. The van der Waals surface area contributed by atoms with Gasteiger partial charge in [0.25, 0.3) is 5.91 Å². The van der Waals surface area contributed by atoms with Crippen molar-refractivity contribution >= 4 is 17.5 Å². The molecule has 0 bridgehead atoms. The number of nitrogens with one attached hydrogen (secondary N) is 1. The summed E-state index contributed by atoms with van der Waals surface area (Å²) in [5.41, 5.74) is 1.76. The summed E-state index contributed by atoms with van der Waals surface area (Å²) in [6, 6.07) is 17.5. The first-order valence-corrected chi connectivity index (χ1v) is 9.62. The quantitative estimate of drug-likeness (QED) is 0.836. The van der Waals surface area contributed by atoms with Crippen molar-refractivity contribution in [3.63, 3.8) is 0 Å². The molecule has 1 saturated heterocycles. The van der Waals surface area contributed by atoms with Gasteiger partial charge in [0.2, 0.25) is 5.91 Å². The normalized spacial score (nSPS) is 24.8. The zero-order chi connectivity index (χ0) is 19.7. The molecule has 0 aromatic heterocycles. The van der Waals surface area contributed by atoms with Crippen molar-refractivity contribution in [3.05, 3.63) is 78.4 Å². The monoisotopic (exact) mass is 375 g/mol. The topological polar surface area (TPSA) is 52.7 Å². The highest BCUT2D eigenvalue weighted by atomic mass is 16.2. The van der Waals surface area contributed by atoms with E-state index in [0.717, 1.165) is 6.54 Å². The highest BCUT2D eigenvalue weighted by Crippen LogP contribution is 2.35. The molecule has 5 nitrogen and oxygen atoms in total. The number of para-hydroxylation sites is 1. The van der Waals surface area contributed by atoms with E-state index in [0.29, 0.717) is 30.9 Å². The lowest BCUT2D eigenvalue weighted by atomic mass is 9.86. The summed E-state index contributed by atoms with van der Waals surface area (Å²) in [4.78, 5) is 30.5. The van der Waals surface area contributed by atoms with Crippen LogP contribution in [0.5, 0.6) is 0 Å². The van der Waals surface area contributed by atoms with Gasteiger partial charge in [-0.05, 0) is 24.6 Å². The first-order chi connectivity index (χ1) is 13.5. The summed E-state index contributed by atoms with van der Waals surface area (Å²) in [7, 11) is 0. The molecule has 0 spiro atoms. The fourth-order valence-electron chi connectivity index (χ4n) is 4.39. The minimum Gasteiger partial charge on any atom is -0.345 e. The summed E-state index contributed by atoms with van der Waals surface area (Å²) in [6.45, 7) is 8.17. The Morgan fingerprint density at radius 2 is 1.86 bits per heavy atom. The smallest absolute Gasteiger partial charge is 0.253 e. The van der Waals surface area contributed by atoms with Gasteiger partial charge in [0, 0.05) is 26.2 Å². The van der Waals surface area contributed by atoms with Crippen LogP contribution >= 0.6 is 0 Å². The number of carbonyl (C=O) groups is 2. The summed E-state index contributed by atoms with van der Waals surface area (Å²) in [5, 5.41) is 3.17. The Morgan fingerprint density at radius 3 is 2.61 bits per heavy atom. The molecule has 0 aliphatic carbocycles. The molecule has 2 aliphatic rings. The second-order valence-electron chi connectivity index (χ2n) is 7.83. The lowest BCUT2D eigenvalue weighted by molar-refractivity contribution is -0.123. The molecular weight excluding hydrogens is 350 g/mol. The number of likely N-dealkylation sites (tertiary alicyclic amines) is 1. The third kappa shape index (κ3) is 3.22. The number of hydrogen-bond acceptors (Lipinski definition) is 3. The zero-order valence-electron chi connectivity index (χ0n) is 16.1. The Bertz CT molecular complexity index is 911. The van der Waals surface area contributed by atoms with Gasteiger partial charge in [0.05, 0.1) is 22.7 Å². The molecule has 4 rings (SSSR count). The Morgan fingerprint density at radius 1 is 1.14 bits per heavy atom. The fraction of sp³-hybridized carbons (Fsp3) is 0.304. The summed E-state index contributed by atoms with van der Waals surface area (Å²) < 4.78 is 0. The summed E-state index contributed by atoms with van der Waals surface area (Å²) in [6.07, 6.45) is 1.71. The molecule has 0 radical (unpaired) electrons. The van der Waals surface area contributed by atoms with Gasteiger partial charge in [-0.1, -0.05) is 48.5 Å². The van der Waals surface area contributed by atoms with Gasteiger partial charge in [-0.25, -0.2) is 0 Å². The molecule has 2 aromatic carbocycles. The predicted molar refractivity (Wildman–Crippen MR) is 110 cm³/mol. The van der Waals surface area contributed by atoms with Crippen LogP contribution in [0.15, 0.2) is 67.3 Å². The largest absolute Gasteiger partial charge is 0.345 e. The molecule has 0 unspecified atom stereocenters. The molecule has 28 heavy (non-hydrogen) atoms. The SMILES string of the molecule is C=CCN1C(=O)[C@@H]2CN(Cc3ccccc3)C[C@]2(C)NC(=O)c2ccccc21. The third-order valence-electron chi connectivity index (χ3n) is 5.73. The van der Waals surface area contributed by atoms with Crippen LogP contribution in [-0.4, -0.2) is 41.9 Å². The molecule has 2 amide bonds. The summed E-state index contributed by atoms with van der Waals surface area (Å²) >= 11 is 0. The summed E-state index contributed by atoms with van der Waals surface area (Å²) in [5.74, 6) is -0.412. The highest BCUT2D eigenvalue weighted by Gasteiger charge is 2.50. The maximum atomic E-state index is 13.5. The van der Waals surface area contributed by atoms with Gasteiger partial charge in [-0.15, -0.1) is 6.58 Å². The molecule has 1 N–H and O–H groups in total. The van der Waals surface area contributed by atoms with Crippen LogP contribution in [0.2, 0.25) is 0 Å². The standard InChI is InChI=1S/C23H25N3O2/c1-3-13-26-20-12-8-7-11-18(20)21(27)24-23(2)16-25(15-19(23)22(26)28)14-17-9-5-4-6-10-17/h3-12,19H,1,13-16H2,2H3,(H,24,27)/t19-,23-/m0/s1. The Kier molecular flexibility index (Phi) is 4.77. The van der Waals surface area contributed by atoms with Crippen LogP contribution in [0.3, 0.4) is 0 Å². The van der Waals surface area contributed by atoms with Crippen LogP contribution in [0.4, 0.5) is 5.69 Å². The van der Waals surface area contributed by atoms with Gasteiger partial charge in [-0.2, -0.15) is 0 Å². The first-order valence-electron chi connectivity index (χ1n) is 9.62. The van der Waals surface area contributed by atoms with Crippen molar-refractivity contribution in [1.82, 2.24) is 10.2 Å². The van der Waals surface area contributed by atoms with E-state index in [4.69, 9.17) is 0 Å². The lowest BCUT2D eigenvalue weighted by Gasteiger charge is -2.37. The van der Waals surface area contributed by atoms with E-state index < -0.39 is 5.54 Å². The number of amides is 2. The Hall–Kier alpha value is -2.92. The molecule has 2 aromatic rings. The first kappa shape index (κ1) is 18.4. The van der Waals surface area contributed by atoms with Crippen LogP contribution in [0, 0.1) is 5.92 Å². The van der Waals surface area contributed by atoms with Crippen molar-refractivity contribution in [2.24, 2.45) is 5.92 Å². The van der Waals surface area contributed by atoms with Crippen LogP contribution in [0.25, 0.3) is 0 Å². The molecule has 0 saturated carbocycles. The Labute approximate surface area is 165 Å². The number of carbonyl (C=O) groups excluding carboxylic acids is 2. The fourth-order valence-corrected chi connectivity index (χ4v) is 4.39. The number of fused-ring (bicyclic) bond motifs is 2. The average molecular weight is 375 g/mol. The third-order valence-corrected chi connectivity index (χ3v) is 5.73. The highest BCUT2D eigenvalue weighted by molar-refractivity contribution is 6.08. The van der Waals surface area contributed by atoms with E-state index in [1.165, 1.54) is 5.56 Å². The van der Waals surface area contributed by atoms with Gasteiger partial charge in [0.15, 0.2) is 0 Å². The number of anilines is 1. The molecule has 5 heteroatoms. The molecule has 1 fully saturated rings.